The van der Waals surface area contributed by atoms with Crippen molar-refractivity contribution in [2.24, 2.45) is 5.92 Å². The average Bonchev–Trinajstić information content (AvgIpc) is 3.38. The summed E-state index contributed by atoms with van der Waals surface area (Å²) in [7, 11) is 4.18. The highest BCUT2D eigenvalue weighted by atomic mass is 16.2. The first-order valence-corrected chi connectivity index (χ1v) is 8.52. The number of aromatic nitrogens is 2. The number of aromatic amines is 1. The van der Waals surface area contributed by atoms with E-state index in [1.165, 1.54) is 6.20 Å². The van der Waals surface area contributed by atoms with Crippen LogP contribution in [-0.2, 0) is 0 Å². The molecule has 0 aromatic carbocycles. The lowest BCUT2D eigenvalue weighted by Crippen LogP contribution is -2.44. The summed E-state index contributed by atoms with van der Waals surface area (Å²) in [6.45, 7) is 3.66. The van der Waals surface area contributed by atoms with Gasteiger partial charge in [-0.05, 0) is 52.6 Å². The Balaban J connectivity index is 1.64. The second kappa shape index (κ2) is 6.43. The smallest absolute Gasteiger partial charge is 0.263 e. The molecule has 1 aliphatic carbocycles. The van der Waals surface area contributed by atoms with Gasteiger partial charge in [0.25, 0.3) is 11.5 Å². The van der Waals surface area contributed by atoms with Gasteiger partial charge in [-0.25, -0.2) is 4.98 Å². The molecule has 2 fully saturated rings. The Hall–Kier alpha value is -1.69. The fraction of sp³-hybridized carbons (Fsp3) is 0.706. The van der Waals surface area contributed by atoms with Crippen LogP contribution in [0.4, 0.5) is 0 Å². The summed E-state index contributed by atoms with van der Waals surface area (Å²) in [5.41, 5.74) is -0.121. The Labute approximate surface area is 136 Å². The van der Waals surface area contributed by atoms with Crippen molar-refractivity contribution >= 4 is 5.91 Å². The summed E-state index contributed by atoms with van der Waals surface area (Å²) < 4.78 is 0. The van der Waals surface area contributed by atoms with E-state index in [1.54, 1.807) is 4.90 Å². The van der Waals surface area contributed by atoms with Gasteiger partial charge < -0.3 is 14.8 Å². The molecule has 0 spiro atoms. The second-order valence-electron chi connectivity index (χ2n) is 7.12. The molecule has 23 heavy (non-hydrogen) atoms. The minimum Gasteiger partial charge on any atom is -0.338 e. The maximum atomic E-state index is 12.6. The fourth-order valence-corrected chi connectivity index (χ4v) is 3.30. The Morgan fingerprint density at radius 3 is 2.48 bits per heavy atom. The number of hydrogen-bond acceptors (Lipinski definition) is 4. The number of nitrogens with zero attached hydrogens (tertiary/aromatic N) is 3. The van der Waals surface area contributed by atoms with Crippen molar-refractivity contribution in [1.82, 2.24) is 19.8 Å². The van der Waals surface area contributed by atoms with Gasteiger partial charge in [0, 0.05) is 31.2 Å². The molecule has 1 unspecified atom stereocenters. The van der Waals surface area contributed by atoms with Gasteiger partial charge in [0.1, 0.15) is 11.4 Å². The summed E-state index contributed by atoms with van der Waals surface area (Å²) in [6.07, 6.45) is 5.58. The Kier molecular flexibility index (Phi) is 4.53. The molecule has 1 aromatic heterocycles. The van der Waals surface area contributed by atoms with E-state index in [1.807, 2.05) is 0 Å². The van der Waals surface area contributed by atoms with Crippen molar-refractivity contribution in [2.75, 3.05) is 27.2 Å². The van der Waals surface area contributed by atoms with Crippen molar-refractivity contribution < 1.29 is 4.79 Å². The highest BCUT2D eigenvalue weighted by Crippen LogP contribution is 2.37. The number of hydrogen-bond donors (Lipinski definition) is 1. The maximum Gasteiger partial charge on any atom is 0.263 e. The number of rotatable bonds is 4. The third-order valence-corrected chi connectivity index (χ3v) is 5.34. The lowest BCUT2D eigenvalue weighted by molar-refractivity contribution is 0.0639. The molecule has 0 radical (unpaired) electrons. The van der Waals surface area contributed by atoms with Crippen LogP contribution in [0.2, 0.25) is 0 Å². The van der Waals surface area contributed by atoms with Crippen molar-refractivity contribution in [1.29, 1.82) is 0 Å². The van der Waals surface area contributed by atoms with E-state index in [2.05, 4.69) is 35.9 Å². The molecule has 2 heterocycles. The zero-order valence-electron chi connectivity index (χ0n) is 14.2. The number of carbonyl (C=O) groups excluding carboxylic acids is 1. The number of likely N-dealkylation sites (tertiary alicyclic amines) is 1. The number of H-pyrrole nitrogens is 1. The fourth-order valence-electron chi connectivity index (χ4n) is 3.30. The van der Waals surface area contributed by atoms with Crippen LogP contribution >= 0.6 is 0 Å². The quantitative estimate of drug-likeness (QED) is 0.912. The van der Waals surface area contributed by atoms with Crippen molar-refractivity contribution in [3.63, 3.8) is 0 Å². The summed E-state index contributed by atoms with van der Waals surface area (Å²) in [5, 5.41) is 0. The van der Waals surface area contributed by atoms with E-state index < -0.39 is 0 Å². The average molecular weight is 318 g/mol. The molecule has 1 amide bonds. The van der Waals surface area contributed by atoms with Gasteiger partial charge in [-0.3, -0.25) is 9.59 Å². The van der Waals surface area contributed by atoms with Crippen LogP contribution in [0.15, 0.2) is 11.0 Å². The number of nitrogens with one attached hydrogen (secondary N) is 1. The van der Waals surface area contributed by atoms with E-state index in [0.29, 0.717) is 31.0 Å². The monoisotopic (exact) mass is 318 g/mol. The molecule has 1 aromatic rings. The molecule has 1 saturated heterocycles. The minimum absolute atomic E-state index is 0.175. The van der Waals surface area contributed by atoms with Gasteiger partial charge >= 0.3 is 0 Å². The van der Waals surface area contributed by atoms with Crippen LogP contribution in [0.25, 0.3) is 0 Å². The maximum absolute atomic E-state index is 12.6. The summed E-state index contributed by atoms with van der Waals surface area (Å²) in [4.78, 5) is 35.8. The molecule has 1 saturated carbocycles. The number of carbonyl (C=O) groups is 1. The summed E-state index contributed by atoms with van der Waals surface area (Å²) in [5.74, 6) is 1.53. The van der Waals surface area contributed by atoms with E-state index in [4.69, 9.17) is 0 Å². The van der Waals surface area contributed by atoms with E-state index >= 15 is 0 Å². The van der Waals surface area contributed by atoms with Crippen LogP contribution in [0, 0.1) is 5.92 Å². The number of piperidine rings is 1. The molecule has 1 N–H and O–H groups in total. The SMILES string of the molecule is CC(C1CCN(C(=O)c2cnc(C3CC3)[nH]c2=O)CC1)N(C)C. The highest BCUT2D eigenvalue weighted by Gasteiger charge is 2.30. The molecule has 6 nitrogen and oxygen atoms in total. The normalized spacial score (nSPS) is 20.8. The molecule has 6 heteroatoms. The molecule has 1 aliphatic heterocycles. The first-order valence-electron chi connectivity index (χ1n) is 8.52. The van der Waals surface area contributed by atoms with Crippen molar-refractivity contribution in [2.45, 2.75) is 44.6 Å². The van der Waals surface area contributed by atoms with Gasteiger partial charge in [0.15, 0.2) is 0 Å². The highest BCUT2D eigenvalue weighted by molar-refractivity contribution is 5.93. The van der Waals surface area contributed by atoms with E-state index in [0.717, 1.165) is 31.5 Å². The van der Waals surface area contributed by atoms with Crippen LogP contribution in [0.1, 0.15) is 54.7 Å². The Bertz CT molecular complexity index is 628. The zero-order valence-corrected chi connectivity index (χ0v) is 14.2. The largest absolute Gasteiger partial charge is 0.338 e. The van der Waals surface area contributed by atoms with Gasteiger partial charge in [-0.15, -0.1) is 0 Å². The second-order valence-corrected chi connectivity index (χ2v) is 7.12. The lowest BCUT2D eigenvalue weighted by Gasteiger charge is -2.37. The zero-order chi connectivity index (χ0) is 16.6. The molecule has 3 rings (SSSR count). The lowest BCUT2D eigenvalue weighted by atomic mass is 9.89. The molecule has 2 aliphatic rings. The summed E-state index contributed by atoms with van der Waals surface area (Å²) in [6, 6.07) is 0.509. The summed E-state index contributed by atoms with van der Waals surface area (Å²) >= 11 is 0. The third kappa shape index (κ3) is 3.47. The van der Waals surface area contributed by atoms with Crippen molar-refractivity contribution in [3.05, 3.63) is 27.9 Å². The van der Waals surface area contributed by atoms with Crippen LogP contribution < -0.4 is 5.56 Å². The van der Waals surface area contributed by atoms with Gasteiger partial charge in [0.05, 0.1) is 0 Å². The molecule has 1 atom stereocenters. The van der Waals surface area contributed by atoms with Crippen LogP contribution in [0.3, 0.4) is 0 Å². The van der Waals surface area contributed by atoms with Gasteiger partial charge in [-0.2, -0.15) is 0 Å². The first-order chi connectivity index (χ1) is 11.0. The van der Waals surface area contributed by atoms with Gasteiger partial charge in [0.2, 0.25) is 0 Å². The topological polar surface area (TPSA) is 69.3 Å². The molecule has 126 valence electrons. The van der Waals surface area contributed by atoms with Gasteiger partial charge in [-0.1, -0.05) is 0 Å². The first kappa shape index (κ1) is 16.2. The Morgan fingerprint density at radius 1 is 1.30 bits per heavy atom. The van der Waals surface area contributed by atoms with Crippen LogP contribution in [0.5, 0.6) is 0 Å². The third-order valence-electron chi connectivity index (χ3n) is 5.34. The molecule has 0 bridgehead atoms. The molecular weight excluding hydrogens is 292 g/mol. The number of amides is 1. The van der Waals surface area contributed by atoms with E-state index in [9.17, 15) is 9.59 Å². The van der Waals surface area contributed by atoms with Crippen LogP contribution in [-0.4, -0.2) is 58.9 Å². The molecular formula is C17H26N4O2. The predicted molar refractivity (Wildman–Crippen MR) is 88.6 cm³/mol. The Morgan fingerprint density at radius 2 is 1.96 bits per heavy atom. The standard InChI is InChI=1S/C17H26N4O2/c1-11(20(2)3)12-6-8-21(9-7-12)17(23)14-10-18-15(13-4-5-13)19-16(14)22/h10-13H,4-9H2,1-3H3,(H,18,19,22). The van der Waals surface area contributed by atoms with E-state index in [-0.39, 0.29) is 17.0 Å². The predicted octanol–water partition coefficient (Wildman–Crippen LogP) is 1.45. The minimum atomic E-state index is -0.296. The van der Waals surface area contributed by atoms with Crippen molar-refractivity contribution in [3.8, 4) is 0 Å².